The number of sulfone groups is 1. The largest absolute Gasteiger partial charge is 0.386 e. The number of hydrogen-bond donors (Lipinski definition) is 1. The van der Waals surface area contributed by atoms with Crippen LogP contribution in [0.1, 0.15) is 13.3 Å². The van der Waals surface area contributed by atoms with E-state index in [1.54, 1.807) is 18.2 Å². The van der Waals surface area contributed by atoms with Gasteiger partial charge >= 0.3 is 0 Å². The number of nitrogens with zero attached hydrogens (tertiary/aromatic N) is 1. The predicted octanol–water partition coefficient (Wildman–Crippen LogP) is 0.957. The third-order valence-corrected chi connectivity index (χ3v) is 4.83. The molecule has 1 N–H and O–H groups in total. The minimum absolute atomic E-state index is 0.151. The molecule has 0 spiro atoms. The quantitative estimate of drug-likeness (QED) is 0.840. The number of hydrogen-bond acceptors (Lipinski definition) is 4. The van der Waals surface area contributed by atoms with Gasteiger partial charge in [0, 0.05) is 11.5 Å². The predicted molar refractivity (Wildman–Crippen MR) is 74.6 cm³/mol. The number of amides is 1. The van der Waals surface area contributed by atoms with Crippen molar-refractivity contribution >= 4 is 15.7 Å². The van der Waals surface area contributed by atoms with Gasteiger partial charge in [-0.05, 0) is 18.6 Å². The Kier molecular flexibility index (Phi) is 3.96. The summed E-state index contributed by atoms with van der Waals surface area (Å²) in [4.78, 5) is 13.3. The molecule has 20 heavy (non-hydrogen) atoms. The van der Waals surface area contributed by atoms with Crippen molar-refractivity contribution in [1.82, 2.24) is 4.90 Å². The topological polar surface area (TPSA) is 74.7 Å². The first-order chi connectivity index (χ1) is 9.36. The van der Waals surface area contributed by atoms with Crippen LogP contribution in [0.4, 0.5) is 0 Å². The highest BCUT2D eigenvalue weighted by Gasteiger charge is 2.41. The lowest BCUT2D eigenvalue weighted by Crippen LogP contribution is -2.62. The molecule has 2 rings (SSSR count). The Morgan fingerprint density at radius 2 is 1.95 bits per heavy atom. The summed E-state index contributed by atoms with van der Waals surface area (Å²) in [5, 5.41) is 10.7. The Morgan fingerprint density at radius 1 is 1.35 bits per heavy atom. The summed E-state index contributed by atoms with van der Waals surface area (Å²) in [5.41, 5.74) is -0.818. The van der Waals surface area contributed by atoms with Gasteiger partial charge in [-0.3, -0.25) is 4.79 Å². The van der Waals surface area contributed by atoms with Crippen LogP contribution in [-0.4, -0.2) is 43.0 Å². The van der Waals surface area contributed by atoms with Crippen LogP contribution in [-0.2, 0) is 14.6 Å². The van der Waals surface area contributed by atoms with Crippen molar-refractivity contribution in [1.29, 1.82) is 0 Å². The minimum atomic E-state index is -3.60. The third kappa shape index (κ3) is 3.08. The monoisotopic (exact) mass is 295 g/mol. The number of rotatable bonds is 4. The van der Waals surface area contributed by atoms with Crippen molar-refractivity contribution in [2.24, 2.45) is 0 Å². The van der Waals surface area contributed by atoms with Crippen LogP contribution < -0.4 is 0 Å². The van der Waals surface area contributed by atoms with E-state index in [4.69, 9.17) is 0 Å². The molecule has 0 aromatic heterocycles. The van der Waals surface area contributed by atoms with Gasteiger partial charge in [-0.25, -0.2) is 8.42 Å². The zero-order valence-electron chi connectivity index (χ0n) is 11.2. The average molecular weight is 295 g/mol. The minimum Gasteiger partial charge on any atom is -0.386 e. The molecule has 1 aromatic rings. The second-order valence-electron chi connectivity index (χ2n) is 4.93. The lowest BCUT2D eigenvalue weighted by molar-refractivity contribution is -0.150. The van der Waals surface area contributed by atoms with Gasteiger partial charge in [-0.1, -0.05) is 25.1 Å². The number of carbonyl (C=O) groups is 1. The van der Waals surface area contributed by atoms with Crippen LogP contribution in [0.2, 0.25) is 0 Å². The first-order valence-electron chi connectivity index (χ1n) is 6.36. The van der Waals surface area contributed by atoms with Crippen LogP contribution in [0, 0.1) is 0 Å². The molecule has 108 valence electrons. The number of likely N-dealkylation sites (tertiary alicyclic amines) is 1. The number of aliphatic hydroxyl groups is 1. The summed E-state index contributed by atoms with van der Waals surface area (Å²) in [5.74, 6) is -0.400. The Balaban J connectivity index is 2.02. The summed E-state index contributed by atoms with van der Waals surface area (Å²) >= 11 is 0. The van der Waals surface area contributed by atoms with Gasteiger partial charge in [0.1, 0.15) is 0 Å². The lowest BCUT2D eigenvalue weighted by atomic mass is 9.91. The molecule has 0 aliphatic carbocycles. The van der Waals surface area contributed by atoms with Crippen LogP contribution in [0.25, 0.3) is 0 Å². The summed E-state index contributed by atoms with van der Waals surface area (Å²) < 4.78 is 23.9. The van der Waals surface area contributed by atoms with Gasteiger partial charge in [-0.15, -0.1) is 0 Å². The normalized spacial score (nSPS) is 18.0. The fourth-order valence-corrected chi connectivity index (χ4v) is 2.97. The van der Waals surface area contributed by atoms with E-state index in [1.165, 1.54) is 17.0 Å². The van der Waals surface area contributed by atoms with E-state index in [9.17, 15) is 18.3 Å². The Labute approximate surface area is 118 Å². The van der Waals surface area contributed by atoms with E-state index in [1.807, 2.05) is 6.92 Å². The van der Waals surface area contributed by atoms with Crippen molar-refractivity contribution in [3.05, 3.63) is 41.8 Å². The lowest BCUT2D eigenvalue weighted by Gasteiger charge is -2.45. The van der Waals surface area contributed by atoms with Crippen molar-refractivity contribution in [3.8, 4) is 0 Å². The first-order valence-corrected chi connectivity index (χ1v) is 7.90. The molecule has 1 saturated heterocycles. The Bertz CT molecular complexity index is 616. The van der Waals surface area contributed by atoms with E-state index in [0.717, 1.165) is 11.5 Å². The molecular formula is C14H17NO4S. The molecule has 1 aliphatic heterocycles. The van der Waals surface area contributed by atoms with E-state index >= 15 is 0 Å². The van der Waals surface area contributed by atoms with Crippen LogP contribution in [0.15, 0.2) is 46.7 Å². The number of benzene rings is 1. The van der Waals surface area contributed by atoms with Gasteiger partial charge in [0.05, 0.1) is 23.6 Å². The maximum Gasteiger partial charge on any atom is 0.247 e. The Hall–Kier alpha value is -1.66. The molecule has 0 bridgehead atoms. The van der Waals surface area contributed by atoms with E-state index in [0.29, 0.717) is 6.42 Å². The fraction of sp³-hybridized carbons (Fsp3) is 0.357. The maximum absolute atomic E-state index is 11.9. The maximum atomic E-state index is 11.9. The van der Waals surface area contributed by atoms with E-state index < -0.39 is 21.3 Å². The van der Waals surface area contributed by atoms with Crippen molar-refractivity contribution in [3.63, 3.8) is 0 Å². The molecule has 0 radical (unpaired) electrons. The molecule has 1 heterocycles. The molecule has 6 heteroatoms. The van der Waals surface area contributed by atoms with Crippen molar-refractivity contribution in [2.45, 2.75) is 23.8 Å². The van der Waals surface area contributed by atoms with Gasteiger partial charge < -0.3 is 10.0 Å². The highest BCUT2D eigenvalue weighted by atomic mass is 32.2. The SMILES string of the molecule is CCC1(O)CN(C(=O)C=CS(=O)(=O)c2ccccc2)C1. The molecule has 0 atom stereocenters. The standard InChI is InChI=1S/C14H17NO4S/c1-2-14(17)10-15(11-14)13(16)8-9-20(18,19)12-6-4-3-5-7-12/h3-9,17H,2,10-11H2,1H3. The smallest absolute Gasteiger partial charge is 0.247 e. The highest BCUT2D eigenvalue weighted by Crippen LogP contribution is 2.24. The van der Waals surface area contributed by atoms with Gasteiger partial charge in [-0.2, -0.15) is 0 Å². The summed E-state index contributed by atoms with van der Waals surface area (Å²) in [7, 11) is -3.60. The molecule has 0 saturated carbocycles. The summed E-state index contributed by atoms with van der Waals surface area (Å²) in [6.45, 7) is 2.34. The van der Waals surface area contributed by atoms with Gasteiger partial charge in [0.2, 0.25) is 5.91 Å². The fourth-order valence-electron chi connectivity index (χ4n) is 1.99. The highest BCUT2D eigenvalue weighted by molar-refractivity contribution is 7.94. The number of carbonyl (C=O) groups excluding carboxylic acids is 1. The van der Waals surface area contributed by atoms with Crippen molar-refractivity contribution < 1.29 is 18.3 Å². The van der Waals surface area contributed by atoms with E-state index in [-0.39, 0.29) is 18.0 Å². The van der Waals surface area contributed by atoms with Crippen LogP contribution >= 0.6 is 0 Å². The molecular weight excluding hydrogens is 278 g/mol. The summed E-state index contributed by atoms with van der Waals surface area (Å²) in [6, 6.07) is 7.92. The number of β-amino-alcohol motifs (C(OH)–C–C–N with tert-alkyl or cyclic N) is 1. The van der Waals surface area contributed by atoms with Gasteiger partial charge in [0.25, 0.3) is 0 Å². The third-order valence-electron chi connectivity index (χ3n) is 3.40. The molecule has 0 unspecified atom stereocenters. The van der Waals surface area contributed by atoms with Gasteiger partial charge in [0.15, 0.2) is 9.84 Å². The molecule has 1 amide bonds. The zero-order valence-corrected chi connectivity index (χ0v) is 12.0. The zero-order chi connectivity index (χ0) is 14.8. The Morgan fingerprint density at radius 3 is 2.50 bits per heavy atom. The molecule has 5 nitrogen and oxygen atoms in total. The summed E-state index contributed by atoms with van der Waals surface area (Å²) in [6.07, 6.45) is 1.61. The molecule has 1 aliphatic rings. The average Bonchev–Trinajstić information content (AvgIpc) is 2.42. The molecule has 1 aromatic carbocycles. The van der Waals surface area contributed by atoms with Crippen molar-refractivity contribution in [2.75, 3.05) is 13.1 Å². The van der Waals surface area contributed by atoms with E-state index in [2.05, 4.69) is 0 Å². The second kappa shape index (κ2) is 5.38. The first kappa shape index (κ1) is 14.7. The van der Waals surface area contributed by atoms with Crippen LogP contribution in [0.5, 0.6) is 0 Å². The van der Waals surface area contributed by atoms with Crippen LogP contribution in [0.3, 0.4) is 0 Å². The molecule has 1 fully saturated rings. The second-order valence-corrected chi connectivity index (χ2v) is 6.77.